The Morgan fingerprint density at radius 3 is 2.73 bits per heavy atom. The lowest BCUT2D eigenvalue weighted by Gasteiger charge is -2.25. The van der Waals surface area contributed by atoms with Gasteiger partial charge >= 0.3 is 0 Å². The number of rotatable bonds is 5. The van der Waals surface area contributed by atoms with Crippen molar-refractivity contribution in [3.8, 4) is 0 Å². The number of likely N-dealkylation sites (N-methyl/N-ethyl adjacent to an activating group) is 1. The van der Waals surface area contributed by atoms with Gasteiger partial charge in [-0.1, -0.05) is 17.7 Å². The first-order valence-corrected chi connectivity index (χ1v) is 7.85. The largest absolute Gasteiger partial charge is 0.359 e. The van der Waals surface area contributed by atoms with E-state index in [0.29, 0.717) is 23.6 Å². The second-order valence-electron chi connectivity index (χ2n) is 5.65. The molecule has 1 fully saturated rings. The summed E-state index contributed by atoms with van der Waals surface area (Å²) in [6.07, 6.45) is 2.46. The number of likely N-dealkylation sites (tertiary alicyclic amines) is 1. The van der Waals surface area contributed by atoms with Crippen LogP contribution in [0.1, 0.15) is 29.6 Å². The Balaban J connectivity index is 1.84. The third kappa shape index (κ3) is 4.21. The van der Waals surface area contributed by atoms with Gasteiger partial charge < -0.3 is 10.6 Å². The standard InChI is InChI=1S/C16H22ClN3O2/c1-18-15(21)9-13-6-7-14(20(13)2)10-19-16(22)11-4-3-5-12(17)8-11/h3-5,8,13-14H,6-7,9-10H2,1-2H3,(H,18,21)(H,19,22)/t13-,14+/m1/s1. The highest BCUT2D eigenvalue weighted by Gasteiger charge is 2.31. The van der Waals surface area contributed by atoms with E-state index in [-0.39, 0.29) is 23.9 Å². The zero-order valence-electron chi connectivity index (χ0n) is 12.9. The molecule has 5 nitrogen and oxygen atoms in total. The van der Waals surface area contributed by atoms with E-state index in [2.05, 4.69) is 15.5 Å². The maximum absolute atomic E-state index is 12.1. The van der Waals surface area contributed by atoms with Crippen LogP contribution < -0.4 is 10.6 Å². The molecule has 1 aliphatic rings. The number of carbonyl (C=O) groups excluding carboxylic acids is 2. The number of hydrogen-bond donors (Lipinski definition) is 2. The second kappa shape index (κ2) is 7.61. The number of hydrogen-bond acceptors (Lipinski definition) is 3. The fourth-order valence-corrected chi connectivity index (χ4v) is 3.03. The lowest BCUT2D eigenvalue weighted by Crippen LogP contribution is -2.42. The first-order valence-electron chi connectivity index (χ1n) is 7.47. The van der Waals surface area contributed by atoms with Gasteiger partial charge in [-0.3, -0.25) is 14.5 Å². The predicted octanol–water partition coefficient (Wildman–Crippen LogP) is 1.67. The summed E-state index contributed by atoms with van der Waals surface area (Å²) in [7, 11) is 3.66. The molecule has 0 spiro atoms. The molecule has 1 saturated heterocycles. The molecule has 22 heavy (non-hydrogen) atoms. The molecule has 0 aromatic heterocycles. The zero-order valence-corrected chi connectivity index (χ0v) is 13.7. The van der Waals surface area contributed by atoms with Gasteiger partial charge in [0.05, 0.1) is 0 Å². The van der Waals surface area contributed by atoms with Crippen LogP contribution in [0.25, 0.3) is 0 Å². The van der Waals surface area contributed by atoms with E-state index in [1.54, 1.807) is 31.3 Å². The summed E-state index contributed by atoms with van der Waals surface area (Å²) >= 11 is 5.89. The highest BCUT2D eigenvalue weighted by Crippen LogP contribution is 2.24. The van der Waals surface area contributed by atoms with Crippen molar-refractivity contribution in [2.75, 3.05) is 20.6 Å². The van der Waals surface area contributed by atoms with Gasteiger partial charge in [0.2, 0.25) is 5.91 Å². The minimum Gasteiger partial charge on any atom is -0.359 e. The monoisotopic (exact) mass is 323 g/mol. The summed E-state index contributed by atoms with van der Waals surface area (Å²) in [4.78, 5) is 25.8. The Hall–Kier alpha value is -1.59. The molecular formula is C16H22ClN3O2. The zero-order chi connectivity index (χ0) is 16.1. The van der Waals surface area contributed by atoms with E-state index < -0.39 is 0 Å². The molecule has 0 saturated carbocycles. The molecule has 2 N–H and O–H groups in total. The van der Waals surface area contributed by atoms with E-state index in [0.717, 1.165) is 12.8 Å². The smallest absolute Gasteiger partial charge is 0.251 e. The molecule has 2 rings (SSSR count). The summed E-state index contributed by atoms with van der Waals surface area (Å²) < 4.78 is 0. The third-order valence-corrected chi connectivity index (χ3v) is 4.51. The Morgan fingerprint density at radius 1 is 1.32 bits per heavy atom. The molecule has 1 heterocycles. The first-order chi connectivity index (χ1) is 10.5. The van der Waals surface area contributed by atoms with Crippen LogP contribution in [0.3, 0.4) is 0 Å². The third-order valence-electron chi connectivity index (χ3n) is 4.27. The summed E-state index contributed by atoms with van der Waals surface area (Å²) in [6, 6.07) is 7.41. The van der Waals surface area contributed by atoms with Crippen LogP contribution in [-0.2, 0) is 4.79 Å². The molecule has 1 aliphatic heterocycles. The van der Waals surface area contributed by atoms with E-state index >= 15 is 0 Å². The molecule has 2 amide bonds. The van der Waals surface area contributed by atoms with E-state index in [4.69, 9.17) is 11.6 Å². The Labute approximate surface area is 136 Å². The van der Waals surface area contributed by atoms with Crippen molar-refractivity contribution in [1.82, 2.24) is 15.5 Å². The molecule has 0 bridgehead atoms. The van der Waals surface area contributed by atoms with Crippen LogP contribution in [-0.4, -0.2) is 49.4 Å². The van der Waals surface area contributed by atoms with Crippen molar-refractivity contribution in [1.29, 1.82) is 0 Å². The maximum atomic E-state index is 12.1. The van der Waals surface area contributed by atoms with E-state index in [9.17, 15) is 9.59 Å². The van der Waals surface area contributed by atoms with Crippen LogP contribution in [0, 0.1) is 0 Å². The average molecular weight is 324 g/mol. The predicted molar refractivity (Wildman–Crippen MR) is 87.0 cm³/mol. The van der Waals surface area contributed by atoms with Crippen LogP contribution in [0.4, 0.5) is 0 Å². The van der Waals surface area contributed by atoms with Gasteiger partial charge in [-0.05, 0) is 38.1 Å². The molecule has 0 unspecified atom stereocenters. The minimum absolute atomic E-state index is 0.0560. The lowest BCUT2D eigenvalue weighted by atomic mass is 10.1. The average Bonchev–Trinajstić information content (AvgIpc) is 2.85. The Morgan fingerprint density at radius 2 is 2.05 bits per heavy atom. The van der Waals surface area contributed by atoms with Gasteiger partial charge in [0, 0.05) is 42.7 Å². The van der Waals surface area contributed by atoms with Gasteiger partial charge in [0.25, 0.3) is 5.91 Å². The van der Waals surface area contributed by atoms with Gasteiger partial charge in [-0.25, -0.2) is 0 Å². The van der Waals surface area contributed by atoms with Crippen LogP contribution >= 0.6 is 11.6 Å². The van der Waals surface area contributed by atoms with Crippen LogP contribution in [0.5, 0.6) is 0 Å². The molecule has 0 aliphatic carbocycles. The fourth-order valence-electron chi connectivity index (χ4n) is 2.84. The lowest BCUT2D eigenvalue weighted by molar-refractivity contribution is -0.121. The normalized spacial score (nSPS) is 21.6. The van der Waals surface area contributed by atoms with E-state index in [1.807, 2.05) is 7.05 Å². The SMILES string of the molecule is CNC(=O)C[C@H]1CC[C@@H](CNC(=O)c2cccc(Cl)c2)N1C. The molecule has 6 heteroatoms. The highest BCUT2D eigenvalue weighted by atomic mass is 35.5. The van der Waals surface area contributed by atoms with Gasteiger partial charge in [0.15, 0.2) is 0 Å². The van der Waals surface area contributed by atoms with Crippen LogP contribution in [0.2, 0.25) is 5.02 Å². The van der Waals surface area contributed by atoms with Gasteiger partial charge in [0.1, 0.15) is 0 Å². The van der Waals surface area contributed by atoms with Gasteiger partial charge in [-0.2, -0.15) is 0 Å². The Kier molecular flexibility index (Phi) is 5.80. The van der Waals surface area contributed by atoms with Crippen molar-refractivity contribution < 1.29 is 9.59 Å². The number of carbonyl (C=O) groups is 2. The van der Waals surface area contributed by atoms with Crippen molar-refractivity contribution >= 4 is 23.4 Å². The van der Waals surface area contributed by atoms with Crippen molar-refractivity contribution in [2.45, 2.75) is 31.3 Å². The van der Waals surface area contributed by atoms with E-state index in [1.165, 1.54) is 0 Å². The fraction of sp³-hybridized carbons (Fsp3) is 0.500. The molecule has 120 valence electrons. The van der Waals surface area contributed by atoms with Crippen molar-refractivity contribution in [3.05, 3.63) is 34.9 Å². The number of halogens is 1. The molecule has 2 atom stereocenters. The summed E-state index contributed by atoms with van der Waals surface area (Å²) in [5.41, 5.74) is 0.565. The second-order valence-corrected chi connectivity index (χ2v) is 6.08. The first kappa shape index (κ1) is 16.8. The van der Waals surface area contributed by atoms with Crippen molar-refractivity contribution in [2.24, 2.45) is 0 Å². The van der Waals surface area contributed by atoms with Crippen LogP contribution in [0.15, 0.2) is 24.3 Å². The number of nitrogens with one attached hydrogen (secondary N) is 2. The molecular weight excluding hydrogens is 302 g/mol. The summed E-state index contributed by atoms with van der Waals surface area (Å²) in [6.45, 7) is 0.575. The molecule has 1 aromatic rings. The van der Waals surface area contributed by atoms with Crippen molar-refractivity contribution in [3.63, 3.8) is 0 Å². The Bertz CT molecular complexity index is 550. The molecule has 0 radical (unpaired) electrons. The maximum Gasteiger partial charge on any atom is 0.251 e. The van der Waals surface area contributed by atoms with Gasteiger partial charge in [-0.15, -0.1) is 0 Å². The number of amides is 2. The topological polar surface area (TPSA) is 61.4 Å². The summed E-state index contributed by atoms with van der Waals surface area (Å²) in [5, 5.41) is 6.16. The number of benzene rings is 1. The minimum atomic E-state index is -0.120. The molecule has 1 aromatic carbocycles. The quantitative estimate of drug-likeness (QED) is 0.866. The summed E-state index contributed by atoms with van der Waals surface area (Å²) in [5.74, 6) is -0.0638. The number of nitrogens with zero attached hydrogens (tertiary/aromatic N) is 1. The highest BCUT2D eigenvalue weighted by molar-refractivity contribution is 6.30.